The summed E-state index contributed by atoms with van der Waals surface area (Å²) in [6.45, 7) is 0. The van der Waals surface area contributed by atoms with Gasteiger partial charge in [-0.2, -0.15) is 0 Å². The highest BCUT2D eigenvalue weighted by atomic mass is 32.1. The van der Waals surface area contributed by atoms with Crippen molar-refractivity contribution in [1.82, 2.24) is 0 Å². The molecule has 11 aromatic rings. The average Bonchev–Trinajstić information content (AvgIpc) is 4.11. The number of hydrogen-bond donors (Lipinski definition) is 0. The van der Waals surface area contributed by atoms with E-state index in [4.69, 9.17) is 33.5 Å². The molecule has 3 aromatic heterocycles. The van der Waals surface area contributed by atoms with E-state index in [0.717, 1.165) is 11.3 Å². The molecule has 0 amide bonds. The van der Waals surface area contributed by atoms with E-state index in [1.54, 1.807) is 0 Å². The Hall–Kier alpha value is -6.62. The minimum atomic E-state index is -0.582. The highest BCUT2D eigenvalue weighted by Gasteiger charge is 2.18. The summed E-state index contributed by atoms with van der Waals surface area (Å²) in [5, 5.41) is -0.506. The van der Waals surface area contributed by atoms with Crippen LogP contribution in [0.15, 0.2) is 184 Å². The Morgan fingerprint density at radius 2 is 0.885 bits per heavy atom. The van der Waals surface area contributed by atoms with E-state index in [1.165, 1.54) is 53.4 Å². The van der Waals surface area contributed by atoms with Gasteiger partial charge in [-0.25, -0.2) is 0 Å². The van der Waals surface area contributed by atoms with E-state index in [9.17, 15) is 4.11 Å². The van der Waals surface area contributed by atoms with Crippen LogP contribution in [0.1, 0.15) is 28.8 Å². The molecule has 0 N–H and O–H groups in total. The van der Waals surface area contributed by atoms with E-state index in [2.05, 4.69) is 0 Å². The molecule has 4 heteroatoms. The van der Waals surface area contributed by atoms with Crippen LogP contribution in [0.25, 0.3) is 86.3 Å². The molecule has 0 fully saturated rings. The van der Waals surface area contributed by atoms with Gasteiger partial charge >= 0.3 is 0 Å². The van der Waals surface area contributed by atoms with Crippen LogP contribution >= 0.6 is 11.3 Å². The predicted octanol–water partition coefficient (Wildman–Crippen LogP) is 14.7. The van der Waals surface area contributed by atoms with Crippen LogP contribution in [-0.4, -0.2) is 0 Å². The van der Waals surface area contributed by atoms with Gasteiger partial charge in [0.2, 0.25) is 0 Å². The van der Waals surface area contributed by atoms with Gasteiger partial charge in [-0.15, -0.1) is 11.3 Å². The lowest BCUT2D eigenvalue weighted by atomic mass is 10.0. The molecule has 0 aliphatic heterocycles. The zero-order valence-electron chi connectivity index (χ0n) is 47.3. The lowest BCUT2D eigenvalue weighted by molar-refractivity contribution is 0.669. The SMILES string of the molecule is [2H]c1c([2H])c([2H])c2c(oc3c(-c4ccc(N(c5ccc(-c6c([2H])c([2H])c([2H])c7c6oc6c([2H])c([2H])c([2H])c([2H])c67)cc5)c5c([2H])c([2H])c6c(sc7c([2H])c([2H])c([2H])c([2H])c76)c5[2H])cc4)c([2H])c([2H])c([2H])c32)c1[2H]. The molecule has 52 heavy (non-hydrogen) atoms. The Morgan fingerprint density at radius 1 is 0.404 bits per heavy atom. The van der Waals surface area contributed by atoms with Crippen molar-refractivity contribution >= 4 is 92.4 Å². The van der Waals surface area contributed by atoms with Gasteiger partial charge in [0.15, 0.2) is 0 Å². The highest BCUT2D eigenvalue weighted by Crippen LogP contribution is 2.43. The molecule has 3 heterocycles. The van der Waals surface area contributed by atoms with E-state index >= 15 is 0 Å². The molecule has 0 bridgehead atoms. The third-order valence-electron chi connectivity index (χ3n) is 8.80. The second-order valence-corrected chi connectivity index (χ2v) is 12.7. The van der Waals surface area contributed by atoms with Gasteiger partial charge < -0.3 is 13.7 Å². The first-order valence-electron chi connectivity index (χ1n) is 26.3. The number of nitrogens with zero attached hydrogens (tertiary/aromatic N) is 1. The standard InChI is InChI=1S/C48H29NO2S/c1-4-16-43-37(9-1)41-14-7-12-35(47(41)50-43)30-19-23-32(24-20-30)49(34-27-28-40-39-11-3-6-18-45(39)52-46(40)29-34)33-25-21-31(22-26-33)36-13-8-15-42-38-10-2-5-17-44(38)51-48(36)42/h1-29H/i1D,2D,3D,4D,5D,6D,7D,8D,9D,10D,11D,12D,13D,14D,15D,16D,17D,18D,27D,28D,29D. The largest absolute Gasteiger partial charge is 0.455 e. The van der Waals surface area contributed by atoms with Gasteiger partial charge in [-0.1, -0.05) is 121 Å². The summed E-state index contributed by atoms with van der Waals surface area (Å²) in [6.07, 6.45) is 0. The van der Waals surface area contributed by atoms with Crippen molar-refractivity contribution in [3.8, 4) is 22.3 Å². The Labute approximate surface area is 332 Å². The minimum absolute atomic E-state index is 0.0162. The van der Waals surface area contributed by atoms with Gasteiger partial charge in [0.05, 0.1) is 28.8 Å². The van der Waals surface area contributed by atoms with Crippen molar-refractivity contribution in [2.75, 3.05) is 4.90 Å². The maximum atomic E-state index is 9.68. The normalized spacial score (nSPS) is 17.5. The molecule has 0 aliphatic carbocycles. The second kappa shape index (κ2) is 11.5. The summed E-state index contributed by atoms with van der Waals surface area (Å²) in [5.74, 6) is 0. The number of rotatable bonds is 5. The van der Waals surface area contributed by atoms with E-state index in [0.29, 0.717) is 0 Å². The molecule has 0 spiro atoms. The van der Waals surface area contributed by atoms with Gasteiger partial charge in [0.1, 0.15) is 22.3 Å². The Morgan fingerprint density at radius 3 is 1.46 bits per heavy atom. The molecule has 0 aliphatic rings. The van der Waals surface area contributed by atoms with Gasteiger partial charge in [-0.3, -0.25) is 0 Å². The molecular weight excluding hydrogens is 655 g/mol. The maximum Gasteiger partial charge on any atom is 0.143 e. The molecule has 3 nitrogen and oxygen atoms in total. The van der Waals surface area contributed by atoms with Crippen molar-refractivity contribution in [3.63, 3.8) is 0 Å². The fourth-order valence-electron chi connectivity index (χ4n) is 6.43. The van der Waals surface area contributed by atoms with Crippen LogP contribution in [0.5, 0.6) is 0 Å². The van der Waals surface area contributed by atoms with Gasteiger partial charge in [0.25, 0.3) is 0 Å². The highest BCUT2D eigenvalue weighted by molar-refractivity contribution is 7.25. The smallest absolute Gasteiger partial charge is 0.143 e. The number of hydrogen-bond acceptors (Lipinski definition) is 4. The number of benzene rings is 8. The van der Waals surface area contributed by atoms with Crippen LogP contribution in [0.3, 0.4) is 0 Å². The Balaban J connectivity index is 1.15. The molecule has 11 rings (SSSR count). The zero-order valence-corrected chi connectivity index (χ0v) is 27.1. The maximum absolute atomic E-state index is 9.68. The summed E-state index contributed by atoms with van der Waals surface area (Å²) in [5.41, 5.74) is -0.0907. The first kappa shape index (κ1) is 15.3. The van der Waals surface area contributed by atoms with Crippen LogP contribution in [0, 0.1) is 0 Å². The van der Waals surface area contributed by atoms with Gasteiger partial charge in [-0.05, 0) is 65.6 Å². The summed E-state index contributed by atoms with van der Waals surface area (Å²) in [7, 11) is 0. The topological polar surface area (TPSA) is 29.5 Å². The van der Waals surface area contributed by atoms with Crippen LogP contribution < -0.4 is 4.90 Å². The average molecular weight is 705 g/mol. The number of para-hydroxylation sites is 4. The summed E-state index contributed by atoms with van der Waals surface area (Å²) >= 11 is 0.860. The molecule has 0 radical (unpaired) electrons. The fraction of sp³-hybridized carbons (Fsp3) is 0. The van der Waals surface area contributed by atoms with Crippen molar-refractivity contribution in [2.45, 2.75) is 0 Å². The monoisotopic (exact) mass is 704 g/mol. The predicted molar refractivity (Wildman–Crippen MR) is 219 cm³/mol. The quantitative estimate of drug-likeness (QED) is 0.179. The molecular formula is C48H29NO2S. The summed E-state index contributed by atoms with van der Waals surface area (Å²) < 4.78 is 195. The van der Waals surface area contributed by atoms with Gasteiger partial charge in [0, 0.05) is 69.9 Å². The molecule has 8 aromatic carbocycles. The van der Waals surface area contributed by atoms with Crippen molar-refractivity contribution in [1.29, 1.82) is 0 Å². The second-order valence-electron chi connectivity index (χ2n) is 11.7. The summed E-state index contributed by atoms with van der Waals surface area (Å²) in [4.78, 5) is 1.45. The molecule has 0 saturated carbocycles. The van der Waals surface area contributed by atoms with Crippen LogP contribution in [0.2, 0.25) is 0 Å². The molecule has 244 valence electrons. The third kappa shape index (κ3) is 4.51. The first-order chi connectivity index (χ1) is 34.5. The lowest BCUT2D eigenvalue weighted by Crippen LogP contribution is -2.09. The lowest BCUT2D eigenvalue weighted by Gasteiger charge is -2.26. The van der Waals surface area contributed by atoms with Crippen molar-refractivity contribution < 1.29 is 37.6 Å². The number of fused-ring (bicyclic) bond motifs is 9. The number of thiophene rings is 1. The van der Waals surface area contributed by atoms with E-state index < -0.39 is 115 Å². The Kier molecular flexibility index (Phi) is 3.38. The minimum Gasteiger partial charge on any atom is -0.455 e. The van der Waals surface area contributed by atoms with Crippen molar-refractivity contribution in [3.05, 3.63) is 175 Å². The first-order valence-corrected chi connectivity index (χ1v) is 16.6. The summed E-state index contributed by atoms with van der Waals surface area (Å²) in [6, 6.07) is 1.69. The van der Waals surface area contributed by atoms with E-state index in [1.807, 2.05) is 0 Å². The third-order valence-corrected chi connectivity index (χ3v) is 9.82. The Bertz CT molecular complexity index is 4140. The van der Waals surface area contributed by atoms with Crippen LogP contribution in [-0.2, 0) is 0 Å². The van der Waals surface area contributed by atoms with Crippen molar-refractivity contribution in [2.24, 2.45) is 0 Å². The van der Waals surface area contributed by atoms with E-state index in [-0.39, 0.29) is 115 Å². The van der Waals surface area contributed by atoms with Crippen LogP contribution in [0.4, 0.5) is 17.1 Å². The molecule has 0 unspecified atom stereocenters. The zero-order chi connectivity index (χ0) is 52.4. The fourth-order valence-corrected chi connectivity index (χ4v) is 7.39. The molecule has 0 atom stereocenters. The molecule has 0 saturated heterocycles. The number of anilines is 3. The number of furan rings is 2.